The van der Waals surface area contributed by atoms with E-state index in [-0.39, 0.29) is 6.04 Å². The van der Waals surface area contributed by atoms with Gasteiger partial charge >= 0.3 is 0 Å². The van der Waals surface area contributed by atoms with Crippen molar-refractivity contribution in [1.82, 2.24) is 5.32 Å². The maximum absolute atomic E-state index is 3.51. The summed E-state index contributed by atoms with van der Waals surface area (Å²) in [6.07, 6.45) is 0. The molecular weight excluding hydrogens is 294 g/mol. The summed E-state index contributed by atoms with van der Waals surface area (Å²) < 4.78 is 1.16. The molecule has 1 aromatic heterocycles. The van der Waals surface area contributed by atoms with Crippen molar-refractivity contribution in [3.05, 3.63) is 55.7 Å². The van der Waals surface area contributed by atoms with Crippen LogP contribution >= 0.6 is 27.3 Å². The van der Waals surface area contributed by atoms with E-state index in [2.05, 4.69) is 64.7 Å². The third kappa shape index (κ3) is 2.79. The highest BCUT2D eigenvalue weighted by molar-refractivity contribution is 9.10. The maximum Gasteiger partial charge on any atom is 0.0671 e. The van der Waals surface area contributed by atoms with Crippen molar-refractivity contribution in [3.63, 3.8) is 0 Å². The second-order valence-corrected chi connectivity index (χ2v) is 6.11. The smallest absolute Gasteiger partial charge is 0.0671 e. The monoisotopic (exact) mass is 309 g/mol. The Kier molecular flexibility index (Phi) is 4.02. The van der Waals surface area contributed by atoms with Gasteiger partial charge in [0.25, 0.3) is 0 Å². The Morgan fingerprint density at radius 1 is 1.24 bits per heavy atom. The van der Waals surface area contributed by atoms with E-state index < -0.39 is 0 Å². The average Bonchev–Trinajstić information content (AvgIpc) is 2.69. The molecule has 17 heavy (non-hydrogen) atoms. The molecule has 2 rings (SSSR count). The third-order valence-corrected chi connectivity index (χ3v) is 4.66. The van der Waals surface area contributed by atoms with E-state index in [0.717, 1.165) is 4.47 Å². The lowest BCUT2D eigenvalue weighted by atomic mass is 9.98. The van der Waals surface area contributed by atoms with E-state index in [1.54, 1.807) is 11.3 Å². The fourth-order valence-electron chi connectivity index (χ4n) is 2.08. The summed E-state index contributed by atoms with van der Waals surface area (Å²) in [7, 11) is 2.01. The molecule has 0 aliphatic heterocycles. The van der Waals surface area contributed by atoms with Crippen LogP contribution in [0.25, 0.3) is 0 Å². The van der Waals surface area contributed by atoms with Gasteiger partial charge in [-0.15, -0.1) is 11.3 Å². The first-order valence-electron chi connectivity index (χ1n) is 5.60. The van der Waals surface area contributed by atoms with Crippen LogP contribution in [0.3, 0.4) is 0 Å². The predicted octanol–water partition coefficient (Wildman–Crippen LogP) is 4.44. The normalized spacial score (nSPS) is 12.7. The lowest BCUT2D eigenvalue weighted by Gasteiger charge is -2.18. The number of hydrogen-bond acceptors (Lipinski definition) is 2. The van der Waals surface area contributed by atoms with Gasteiger partial charge in [0.05, 0.1) is 6.04 Å². The minimum Gasteiger partial charge on any atom is -0.309 e. The van der Waals surface area contributed by atoms with Crippen molar-refractivity contribution < 1.29 is 0 Å². The van der Waals surface area contributed by atoms with E-state index in [0.29, 0.717) is 0 Å². The molecule has 1 aromatic carbocycles. The molecule has 1 unspecified atom stereocenters. The van der Waals surface area contributed by atoms with Gasteiger partial charge in [-0.05, 0) is 54.0 Å². The van der Waals surface area contributed by atoms with Crippen LogP contribution in [0.2, 0.25) is 0 Å². The number of halogens is 1. The molecule has 0 amide bonds. The quantitative estimate of drug-likeness (QED) is 0.884. The topological polar surface area (TPSA) is 12.0 Å². The number of aryl methyl sites for hydroxylation is 2. The highest BCUT2D eigenvalue weighted by Crippen LogP contribution is 2.31. The van der Waals surface area contributed by atoms with Crippen molar-refractivity contribution >= 4 is 27.3 Å². The van der Waals surface area contributed by atoms with Crippen LogP contribution in [0.15, 0.2) is 34.1 Å². The summed E-state index contributed by atoms with van der Waals surface area (Å²) in [5.41, 5.74) is 4.01. The van der Waals surface area contributed by atoms with Gasteiger partial charge in [0.2, 0.25) is 0 Å². The zero-order valence-electron chi connectivity index (χ0n) is 10.3. The molecule has 1 heterocycles. The fraction of sp³-hybridized carbons (Fsp3) is 0.286. The van der Waals surface area contributed by atoms with Gasteiger partial charge < -0.3 is 5.32 Å². The standard InChI is InChI=1S/C14H16BrNS/c1-9-4-5-12(10(2)6-9)14(16-3)13-7-11(15)8-17-13/h4-8,14,16H,1-3H3. The van der Waals surface area contributed by atoms with Gasteiger partial charge in [0.1, 0.15) is 0 Å². The van der Waals surface area contributed by atoms with Crippen molar-refractivity contribution in [2.75, 3.05) is 7.05 Å². The zero-order valence-corrected chi connectivity index (χ0v) is 12.7. The number of hydrogen-bond donors (Lipinski definition) is 1. The Morgan fingerprint density at radius 2 is 2.00 bits per heavy atom. The Balaban J connectivity index is 2.42. The lowest BCUT2D eigenvalue weighted by Crippen LogP contribution is -2.17. The molecule has 2 aromatic rings. The number of thiophene rings is 1. The molecule has 90 valence electrons. The summed E-state index contributed by atoms with van der Waals surface area (Å²) in [5.74, 6) is 0. The van der Waals surface area contributed by atoms with E-state index in [9.17, 15) is 0 Å². The van der Waals surface area contributed by atoms with Gasteiger partial charge in [-0.3, -0.25) is 0 Å². The zero-order chi connectivity index (χ0) is 12.4. The van der Waals surface area contributed by atoms with Crippen LogP contribution in [0.5, 0.6) is 0 Å². The molecule has 0 saturated heterocycles. The summed E-state index contributed by atoms with van der Waals surface area (Å²) in [5, 5.41) is 5.53. The van der Waals surface area contributed by atoms with Crippen LogP contribution in [0.4, 0.5) is 0 Å². The largest absolute Gasteiger partial charge is 0.309 e. The van der Waals surface area contributed by atoms with Gasteiger partial charge in [-0.25, -0.2) is 0 Å². The van der Waals surface area contributed by atoms with Gasteiger partial charge in [0, 0.05) is 14.7 Å². The lowest BCUT2D eigenvalue weighted by molar-refractivity contribution is 0.699. The molecule has 1 nitrogen and oxygen atoms in total. The summed E-state index contributed by atoms with van der Waals surface area (Å²) in [6, 6.07) is 9.11. The Hall–Kier alpha value is -0.640. The third-order valence-electron chi connectivity index (χ3n) is 2.90. The van der Waals surface area contributed by atoms with Crippen LogP contribution in [-0.2, 0) is 0 Å². The van der Waals surface area contributed by atoms with E-state index in [1.807, 2.05) is 7.05 Å². The molecule has 0 aliphatic rings. The number of nitrogens with one attached hydrogen (secondary N) is 1. The highest BCUT2D eigenvalue weighted by atomic mass is 79.9. The van der Waals surface area contributed by atoms with Gasteiger partial charge in [0.15, 0.2) is 0 Å². The molecule has 3 heteroatoms. The molecule has 0 fully saturated rings. The Morgan fingerprint density at radius 3 is 2.53 bits per heavy atom. The number of rotatable bonds is 3. The molecule has 0 radical (unpaired) electrons. The molecule has 0 saturated carbocycles. The minimum atomic E-state index is 0.284. The van der Waals surface area contributed by atoms with E-state index in [1.165, 1.54) is 21.6 Å². The highest BCUT2D eigenvalue weighted by Gasteiger charge is 2.15. The van der Waals surface area contributed by atoms with Gasteiger partial charge in [-0.2, -0.15) is 0 Å². The first-order chi connectivity index (χ1) is 8.11. The van der Waals surface area contributed by atoms with Gasteiger partial charge in [-0.1, -0.05) is 23.8 Å². The van der Waals surface area contributed by atoms with Crippen molar-refractivity contribution in [2.45, 2.75) is 19.9 Å². The SMILES string of the molecule is CNC(c1cc(Br)cs1)c1ccc(C)cc1C. The van der Waals surface area contributed by atoms with Crippen LogP contribution in [-0.4, -0.2) is 7.05 Å². The molecule has 0 spiro atoms. The van der Waals surface area contributed by atoms with E-state index >= 15 is 0 Å². The summed E-state index contributed by atoms with van der Waals surface area (Å²) in [4.78, 5) is 1.34. The molecule has 0 bridgehead atoms. The second kappa shape index (κ2) is 5.34. The van der Waals surface area contributed by atoms with Crippen molar-refractivity contribution in [2.24, 2.45) is 0 Å². The van der Waals surface area contributed by atoms with Crippen LogP contribution < -0.4 is 5.32 Å². The Bertz CT molecular complexity index is 519. The van der Waals surface area contributed by atoms with Crippen LogP contribution in [0, 0.1) is 13.8 Å². The first kappa shape index (κ1) is 12.8. The van der Waals surface area contributed by atoms with E-state index in [4.69, 9.17) is 0 Å². The first-order valence-corrected chi connectivity index (χ1v) is 7.27. The Labute approximate surface area is 115 Å². The second-order valence-electron chi connectivity index (χ2n) is 4.25. The summed E-state index contributed by atoms with van der Waals surface area (Å²) >= 11 is 5.30. The average molecular weight is 310 g/mol. The minimum absolute atomic E-state index is 0.284. The molecule has 1 atom stereocenters. The fourth-order valence-corrected chi connectivity index (χ4v) is 3.65. The number of benzene rings is 1. The predicted molar refractivity (Wildman–Crippen MR) is 78.8 cm³/mol. The molecular formula is C14H16BrNS. The molecule has 0 aliphatic carbocycles. The van der Waals surface area contributed by atoms with Crippen molar-refractivity contribution in [3.8, 4) is 0 Å². The molecule has 1 N–H and O–H groups in total. The summed E-state index contributed by atoms with van der Waals surface area (Å²) in [6.45, 7) is 4.31. The van der Waals surface area contributed by atoms with Crippen molar-refractivity contribution in [1.29, 1.82) is 0 Å². The van der Waals surface area contributed by atoms with Crippen LogP contribution in [0.1, 0.15) is 27.6 Å². The maximum atomic E-state index is 3.51.